The van der Waals surface area contributed by atoms with Crippen LogP contribution in [0.15, 0.2) is 41.4 Å². The number of benzene rings is 1. The van der Waals surface area contributed by atoms with Crippen LogP contribution in [0.4, 0.5) is 5.69 Å². The molecule has 0 spiro atoms. The van der Waals surface area contributed by atoms with E-state index in [0.717, 1.165) is 12.0 Å². The van der Waals surface area contributed by atoms with Gasteiger partial charge in [-0.05, 0) is 30.2 Å². The SMILES string of the molecule is CCc1ccc(NS(=O)(=O)c2c[nH]c(C(=O)NN)c2)cc1. The molecule has 0 bridgehead atoms. The molecule has 1 amide bonds. The average molecular weight is 308 g/mol. The molecule has 0 unspecified atom stereocenters. The Balaban J connectivity index is 2.21. The summed E-state index contributed by atoms with van der Waals surface area (Å²) in [5, 5.41) is 0. The third kappa shape index (κ3) is 3.41. The van der Waals surface area contributed by atoms with Gasteiger partial charge in [0.1, 0.15) is 10.6 Å². The van der Waals surface area contributed by atoms with Gasteiger partial charge in [-0.25, -0.2) is 14.3 Å². The fourth-order valence-corrected chi connectivity index (χ4v) is 2.81. The second-order valence-electron chi connectivity index (χ2n) is 4.38. The van der Waals surface area contributed by atoms with Gasteiger partial charge in [-0.1, -0.05) is 19.1 Å². The molecule has 7 nitrogen and oxygen atoms in total. The van der Waals surface area contributed by atoms with Gasteiger partial charge in [0.15, 0.2) is 0 Å². The molecule has 0 fully saturated rings. The number of aromatic amines is 1. The molecular formula is C13H16N4O3S. The second kappa shape index (κ2) is 5.98. The Morgan fingerprint density at radius 3 is 2.52 bits per heavy atom. The first-order chi connectivity index (χ1) is 9.96. The van der Waals surface area contributed by atoms with Crippen LogP contribution >= 0.6 is 0 Å². The number of nitrogen functional groups attached to an aromatic ring is 1. The third-order valence-electron chi connectivity index (χ3n) is 2.96. The van der Waals surface area contributed by atoms with Crippen molar-refractivity contribution < 1.29 is 13.2 Å². The molecule has 0 aliphatic rings. The van der Waals surface area contributed by atoms with Crippen molar-refractivity contribution in [3.8, 4) is 0 Å². The average Bonchev–Trinajstić information content (AvgIpc) is 2.97. The quantitative estimate of drug-likeness (QED) is 0.374. The number of sulfonamides is 1. The minimum atomic E-state index is -3.76. The Bertz CT molecular complexity index is 735. The molecule has 1 heterocycles. The van der Waals surface area contributed by atoms with Crippen molar-refractivity contribution in [2.75, 3.05) is 4.72 Å². The molecule has 112 valence electrons. The van der Waals surface area contributed by atoms with Crippen molar-refractivity contribution in [2.45, 2.75) is 18.2 Å². The molecule has 21 heavy (non-hydrogen) atoms. The highest BCUT2D eigenvalue weighted by molar-refractivity contribution is 7.92. The molecule has 0 saturated carbocycles. The zero-order valence-corrected chi connectivity index (χ0v) is 12.2. The summed E-state index contributed by atoms with van der Waals surface area (Å²) in [5.41, 5.74) is 3.56. The number of nitrogens with one attached hydrogen (secondary N) is 3. The summed E-state index contributed by atoms with van der Waals surface area (Å²) in [6, 6.07) is 8.29. The number of H-pyrrole nitrogens is 1. The Morgan fingerprint density at radius 2 is 1.95 bits per heavy atom. The number of rotatable bonds is 5. The van der Waals surface area contributed by atoms with Gasteiger partial charge in [0.05, 0.1) is 0 Å². The Kier molecular flexibility index (Phi) is 4.29. The Hall–Kier alpha value is -2.32. The van der Waals surface area contributed by atoms with Crippen molar-refractivity contribution in [1.82, 2.24) is 10.4 Å². The smallest absolute Gasteiger partial charge is 0.281 e. The summed E-state index contributed by atoms with van der Waals surface area (Å²) >= 11 is 0. The monoisotopic (exact) mass is 308 g/mol. The van der Waals surface area contributed by atoms with Gasteiger partial charge >= 0.3 is 0 Å². The first-order valence-corrected chi connectivity index (χ1v) is 7.75. The van der Waals surface area contributed by atoms with Crippen molar-refractivity contribution in [3.05, 3.63) is 47.8 Å². The van der Waals surface area contributed by atoms with Crippen LogP contribution in [-0.4, -0.2) is 19.3 Å². The van der Waals surface area contributed by atoms with Crippen LogP contribution < -0.4 is 16.0 Å². The molecule has 0 aliphatic carbocycles. The number of hydrazine groups is 1. The van der Waals surface area contributed by atoms with Crippen molar-refractivity contribution in [1.29, 1.82) is 0 Å². The summed E-state index contributed by atoms with van der Waals surface area (Å²) in [6.45, 7) is 2.02. The lowest BCUT2D eigenvalue weighted by molar-refractivity contribution is 0.0949. The molecule has 0 aliphatic heterocycles. The summed E-state index contributed by atoms with van der Waals surface area (Å²) in [7, 11) is -3.76. The minimum absolute atomic E-state index is 0.0410. The first kappa shape index (κ1) is 15.1. The number of aryl methyl sites for hydroxylation is 1. The maximum Gasteiger partial charge on any atom is 0.281 e. The molecule has 1 aromatic carbocycles. The number of anilines is 1. The molecular weight excluding hydrogens is 292 g/mol. The van der Waals surface area contributed by atoms with Gasteiger partial charge in [0.25, 0.3) is 15.9 Å². The Labute approximate surface area is 122 Å². The molecule has 0 atom stereocenters. The number of amides is 1. The van der Waals surface area contributed by atoms with Crippen LogP contribution in [0, 0.1) is 0 Å². The number of aromatic nitrogens is 1. The number of carbonyl (C=O) groups is 1. The van der Waals surface area contributed by atoms with E-state index < -0.39 is 15.9 Å². The molecule has 0 radical (unpaired) electrons. The number of hydrogen-bond donors (Lipinski definition) is 4. The van der Waals surface area contributed by atoms with Gasteiger partial charge in [0.2, 0.25) is 0 Å². The maximum absolute atomic E-state index is 12.2. The van der Waals surface area contributed by atoms with E-state index in [1.54, 1.807) is 12.1 Å². The topological polar surface area (TPSA) is 117 Å². The normalized spacial score (nSPS) is 11.1. The minimum Gasteiger partial charge on any atom is -0.356 e. The van der Waals surface area contributed by atoms with Crippen LogP contribution in [0.2, 0.25) is 0 Å². The summed E-state index contributed by atoms with van der Waals surface area (Å²) in [6.07, 6.45) is 2.11. The van der Waals surface area contributed by atoms with Crippen molar-refractivity contribution >= 4 is 21.6 Å². The summed E-state index contributed by atoms with van der Waals surface area (Å²) in [5.74, 6) is 4.39. The third-order valence-corrected chi connectivity index (χ3v) is 4.32. The van der Waals surface area contributed by atoms with Crippen LogP contribution in [0.5, 0.6) is 0 Å². The fourth-order valence-electron chi connectivity index (χ4n) is 1.76. The van der Waals surface area contributed by atoms with E-state index in [4.69, 9.17) is 5.84 Å². The number of hydrogen-bond acceptors (Lipinski definition) is 4. The second-order valence-corrected chi connectivity index (χ2v) is 6.06. The van der Waals surface area contributed by atoms with E-state index >= 15 is 0 Å². The fraction of sp³-hybridized carbons (Fsp3) is 0.154. The number of carbonyl (C=O) groups excluding carboxylic acids is 1. The van der Waals surface area contributed by atoms with E-state index in [-0.39, 0.29) is 10.6 Å². The van der Waals surface area contributed by atoms with E-state index in [9.17, 15) is 13.2 Å². The van der Waals surface area contributed by atoms with Crippen LogP contribution in [0.25, 0.3) is 0 Å². The van der Waals surface area contributed by atoms with Gasteiger partial charge < -0.3 is 4.98 Å². The predicted molar refractivity (Wildman–Crippen MR) is 79.1 cm³/mol. The number of nitrogens with two attached hydrogens (primary N) is 1. The highest BCUT2D eigenvalue weighted by Gasteiger charge is 2.18. The zero-order chi connectivity index (χ0) is 15.5. The maximum atomic E-state index is 12.2. The van der Waals surface area contributed by atoms with Crippen LogP contribution in [0.3, 0.4) is 0 Å². The zero-order valence-electron chi connectivity index (χ0n) is 11.4. The lowest BCUT2D eigenvalue weighted by Crippen LogP contribution is -2.30. The van der Waals surface area contributed by atoms with E-state index in [1.165, 1.54) is 12.3 Å². The van der Waals surface area contributed by atoms with E-state index in [2.05, 4.69) is 9.71 Å². The van der Waals surface area contributed by atoms with E-state index in [1.807, 2.05) is 24.5 Å². The molecule has 1 aromatic heterocycles. The molecule has 2 aromatic rings. The van der Waals surface area contributed by atoms with Gasteiger partial charge in [-0.3, -0.25) is 14.9 Å². The lowest BCUT2D eigenvalue weighted by atomic mass is 10.2. The predicted octanol–water partition coefficient (Wildman–Crippen LogP) is 0.981. The van der Waals surface area contributed by atoms with Crippen molar-refractivity contribution in [2.24, 2.45) is 5.84 Å². The standard InChI is InChI=1S/C13H16N4O3S/c1-2-9-3-5-10(6-4-9)17-21(19,20)11-7-12(15-8-11)13(18)16-14/h3-8,15,17H,2,14H2,1H3,(H,16,18). The molecule has 0 saturated heterocycles. The molecule has 8 heteroatoms. The summed E-state index contributed by atoms with van der Waals surface area (Å²) in [4.78, 5) is 13.8. The molecule has 2 rings (SSSR count). The largest absolute Gasteiger partial charge is 0.356 e. The first-order valence-electron chi connectivity index (χ1n) is 6.27. The lowest BCUT2D eigenvalue weighted by Gasteiger charge is -2.06. The van der Waals surface area contributed by atoms with Crippen LogP contribution in [0.1, 0.15) is 23.0 Å². The van der Waals surface area contributed by atoms with Gasteiger partial charge in [0, 0.05) is 11.9 Å². The highest BCUT2D eigenvalue weighted by Crippen LogP contribution is 2.17. The van der Waals surface area contributed by atoms with Gasteiger partial charge in [-0.15, -0.1) is 0 Å². The Morgan fingerprint density at radius 1 is 1.29 bits per heavy atom. The van der Waals surface area contributed by atoms with Gasteiger partial charge in [-0.2, -0.15) is 0 Å². The van der Waals surface area contributed by atoms with Crippen LogP contribution in [-0.2, 0) is 16.4 Å². The van der Waals surface area contributed by atoms with Crippen molar-refractivity contribution in [3.63, 3.8) is 0 Å². The van der Waals surface area contributed by atoms with E-state index in [0.29, 0.717) is 5.69 Å². The highest BCUT2D eigenvalue weighted by atomic mass is 32.2. The summed E-state index contributed by atoms with van der Waals surface area (Å²) < 4.78 is 26.8. The molecule has 5 N–H and O–H groups in total.